The van der Waals surface area contributed by atoms with Crippen LogP contribution in [0.5, 0.6) is 5.75 Å². The maximum atomic E-state index is 11.6. The third-order valence-corrected chi connectivity index (χ3v) is 5.42. The van der Waals surface area contributed by atoms with E-state index in [1.807, 2.05) is 25.1 Å². The normalized spacial score (nSPS) is 17.8. The van der Waals surface area contributed by atoms with E-state index in [0.717, 1.165) is 38.8 Å². The summed E-state index contributed by atoms with van der Waals surface area (Å²) in [5, 5.41) is 3.85. The van der Waals surface area contributed by atoms with Crippen LogP contribution in [0, 0.1) is 5.92 Å². The second-order valence-corrected chi connectivity index (χ2v) is 7.27. The molecule has 6 nitrogen and oxygen atoms in total. The van der Waals surface area contributed by atoms with Crippen molar-refractivity contribution in [1.82, 2.24) is 20.3 Å². The number of pyridine rings is 1. The molecule has 0 unspecified atom stereocenters. The van der Waals surface area contributed by atoms with E-state index in [1.54, 1.807) is 12.5 Å². The number of imidazole rings is 1. The zero-order valence-corrected chi connectivity index (χ0v) is 15.5. The Bertz CT molecular complexity index is 1180. The number of ether oxygens (including phenoxy) is 1. The second kappa shape index (κ2) is 6.64. The van der Waals surface area contributed by atoms with E-state index >= 15 is 0 Å². The first-order valence-corrected chi connectivity index (χ1v) is 9.43. The fourth-order valence-electron chi connectivity index (χ4n) is 3.78. The van der Waals surface area contributed by atoms with Gasteiger partial charge in [-0.15, -0.1) is 0 Å². The molecule has 28 heavy (non-hydrogen) atoms. The second-order valence-electron chi connectivity index (χ2n) is 7.27. The van der Waals surface area contributed by atoms with Crippen LogP contribution >= 0.6 is 0 Å². The summed E-state index contributed by atoms with van der Waals surface area (Å²) in [6, 6.07) is 14.2. The van der Waals surface area contributed by atoms with Gasteiger partial charge in [0, 0.05) is 30.5 Å². The highest BCUT2D eigenvalue weighted by molar-refractivity contribution is 5.91. The summed E-state index contributed by atoms with van der Waals surface area (Å²) in [4.78, 5) is 23.5. The van der Waals surface area contributed by atoms with Crippen LogP contribution in [0.1, 0.15) is 13.3 Å². The summed E-state index contributed by atoms with van der Waals surface area (Å²) in [5.41, 5.74) is 4.91. The molecule has 1 aliphatic rings. The number of rotatable bonds is 4. The fraction of sp³-hybridized carbons (Fsp3) is 0.227. The van der Waals surface area contributed by atoms with Crippen molar-refractivity contribution in [2.45, 2.75) is 19.4 Å². The largest absolute Gasteiger partial charge is 0.490 e. The van der Waals surface area contributed by atoms with E-state index in [0.29, 0.717) is 13.0 Å². The first kappa shape index (κ1) is 16.7. The van der Waals surface area contributed by atoms with E-state index in [-0.39, 0.29) is 17.9 Å². The third kappa shape index (κ3) is 2.97. The molecule has 1 amide bonds. The molecule has 2 aromatic heterocycles. The Morgan fingerprint density at radius 2 is 2.04 bits per heavy atom. The maximum Gasteiger partial charge on any atom is 0.220 e. The van der Waals surface area contributed by atoms with Crippen LogP contribution in [-0.4, -0.2) is 33.5 Å². The summed E-state index contributed by atoms with van der Waals surface area (Å²) >= 11 is 0. The molecule has 0 bridgehead atoms. The van der Waals surface area contributed by atoms with Gasteiger partial charge in [-0.3, -0.25) is 9.78 Å². The number of nitrogens with one attached hydrogen (secondary N) is 2. The van der Waals surface area contributed by atoms with Crippen molar-refractivity contribution >= 4 is 27.8 Å². The number of fused-ring (bicyclic) bond motifs is 2. The molecule has 5 rings (SSSR count). The van der Waals surface area contributed by atoms with Crippen molar-refractivity contribution in [1.29, 1.82) is 0 Å². The Balaban J connectivity index is 1.56. The molecule has 140 valence electrons. The van der Waals surface area contributed by atoms with Crippen LogP contribution in [0.3, 0.4) is 0 Å². The Morgan fingerprint density at radius 1 is 1.11 bits per heavy atom. The highest BCUT2D eigenvalue weighted by Gasteiger charge is 2.28. The smallest absolute Gasteiger partial charge is 0.220 e. The van der Waals surface area contributed by atoms with E-state index in [1.165, 1.54) is 0 Å². The first-order chi connectivity index (χ1) is 13.7. The van der Waals surface area contributed by atoms with Gasteiger partial charge in [0.05, 0.1) is 22.9 Å². The lowest BCUT2D eigenvalue weighted by Crippen LogP contribution is -2.25. The molecular weight excluding hydrogens is 352 g/mol. The molecular formula is C22H20N4O2. The van der Waals surface area contributed by atoms with Gasteiger partial charge in [0.15, 0.2) is 0 Å². The number of carbonyl (C=O) groups is 1. The van der Waals surface area contributed by atoms with Gasteiger partial charge in [-0.25, -0.2) is 4.98 Å². The highest BCUT2D eigenvalue weighted by atomic mass is 16.5. The predicted molar refractivity (Wildman–Crippen MR) is 108 cm³/mol. The molecule has 2 N–H and O–H groups in total. The lowest BCUT2D eigenvalue weighted by molar-refractivity contribution is -0.119. The SMILES string of the molecule is C[C@@H](Oc1cc(-c2ccc3nc[nH]c3c2)cc2ncccc12)[C@@H]1CNC(=O)C1. The molecule has 2 atom stereocenters. The Morgan fingerprint density at radius 3 is 2.89 bits per heavy atom. The van der Waals surface area contributed by atoms with Crippen LogP contribution in [0.4, 0.5) is 0 Å². The van der Waals surface area contributed by atoms with Gasteiger partial charge in [-0.05, 0) is 54.4 Å². The minimum Gasteiger partial charge on any atom is -0.490 e. The minimum atomic E-state index is -0.0762. The third-order valence-electron chi connectivity index (χ3n) is 5.42. The van der Waals surface area contributed by atoms with Crippen molar-refractivity contribution in [3.05, 3.63) is 55.0 Å². The molecule has 0 spiro atoms. The summed E-state index contributed by atoms with van der Waals surface area (Å²) < 4.78 is 6.34. The molecule has 1 aliphatic heterocycles. The number of H-pyrrole nitrogens is 1. The Hall–Kier alpha value is -3.41. The van der Waals surface area contributed by atoms with E-state index in [2.05, 4.69) is 44.5 Å². The molecule has 0 aliphatic carbocycles. The lowest BCUT2D eigenvalue weighted by atomic mass is 10.0. The van der Waals surface area contributed by atoms with Crippen LogP contribution < -0.4 is 10.1 Å². The lowest BCUT2D eigenvalue weighted by Gasteiger charge is -2.21. The van der Waals surface area contributed by atoms with Crippen molar-refractivity contribution in [2.24, 2.45) is 5.92 Å². The molecule has 3 heterocycles. The topological polar surface area (TPSA) is 79.9 Å². The van der Waals surface area contributed by atoms with E-state index < -0.39 is 0 Å². The number of nitrogens with zero attached hydrogens (tertiary/aromatic N) is 2. The van der Waals surface area contributed by atoms with Crippen molar-refractivity contribution in [3.8, 4) is 16.9 Å². The number of carbonyl (C=O) groups excluding carboxylic acids is 1. The molecule has 1 fully saturated rings. The molecule has 6 heteroatoms. The van der Waals surface area contributed by atoms with Gasteiger partial charge >= 0.3 is 0 Å². The van der Waals surface area contributed by atoms with Gasteiger partial charge < -0.3 is 15.0 Å². The van der Waals surface area contributed by atoms with Crippen LogP contribution in [0.25, 0.3) is 33.1 Å². The predicted octanol–water partition coefficient (Wildman–Crippen LogP) is 3.68. The zero-order valence-electron chi connectivity index (χ0n) is 15.5. The highest BCUT2D eigenvalue weighted by Crippen LogP contribution is 2.34. The van der Waals surface area contributed by atoms with Gasteiger partial charge in [-0.2, -0.15) is 0 Å². The number of amides is 1. The van der Waals surface area contributed by atoms with Crippen LogP contribution in [0.15, 0.2) is 55.0 Å². The van der Waals surface area contributed by atoms with Crippen molar-refractivity contribution < 1.29 is 9.53 Å². The average molecular weight is 372 g/mol. The number of aromatic nitrogens is 3. The number of hydrogen-bond acceptors (Lipinski definition) is 4. The molecule has 0 saturated carbocycles. The van der Waals surface area contributed by atoms with E-state index in [9.17, 15) is 4.79 Å². The standard InChI is InChI=1S/C22H20N4O2/c1-13(16-10-22(27)24-11-16)28-21-9-15(8-19-17(21)3-2-6-23-19)14-4-5-18-20(7-14)26-12-25-18/h2-9,12-13,16H,10-11H2,1H3,(H,24,27)(H,25,26)/t13-,16+/m1/s1. The van der Waals surface area contributed by atoms with Gasteiger partial charge in [0.2, 0.25) is 5.91 Å². The number of aromatic amines is 1. The maximum absolute atomic E-state index is 11.6. The van der Waals surface area contributed by atoms with E-state index in [4.69, 9.17) is 4.74 Å². The molecule has 2 aromatic carbocycles. The quantitative estimate of drug-likeness (QED) is 0.573. The molecule has 1 saturated heterocycles. The summed E-state index contributed by atoms with van der Waals surface area (Å²) in [6.45, 7) is 2.68. The fourth-order valence-corrected chi connectivity index (χ4v) is 3.78. The zero-order chi connectivity index (χ0) is 19.1. The van der Waals surface area contributed by atoms with Crippen molar-refractivity contribution in [2.75, 3.05) is 6.54 Å². The summed E-state index contributed by atoms with van der Waals surface area (Å²) in [6.07, 6.45) is 3.92. The van der Waals surface area contributed by atoms with Gasteiger partial charge in [0.25, 0.3) is 0 Å². The summed E-state index contributed by atoms with van der Waals surface area (Å²) in [5.74, 6) is 1.05. The molecule has 4 aromatic rings. The van der Waals surface area contributed by atoms with Crippen molar-refractivity contribution in [3.63, 3.8) is 0 Å². The Labute approximate surface area is 162 Å². The average Bonchev–Trinajstić information content (AvgIpc) is 3.36. The first-order valence-electron chi connectivity index (χ1n) is 9.43. The van der Waals surface area contributed by atoms with Gasteiger partial charge in [0.1, 0.15) is 11.9 Å². The Kier molecular flexibility index (Phi) is 3.97. The monoisotopic (exact) mass is 372 g/mol. The number of hydrogen-bond donors (Lipinski definition) is 2. The number of benzene rings is 2. The summed E-state index contributed by atoms with van der Waals surface area (Å²) in [7, 11) is 0. The van der Waals surface area contributed by atoms with Crippen LogP contribution in [-0.2, 0) is 4.79 Å². The minimum absolute atomic E-state index is 0.0762. The van der Waals surface area contributed by atoms with Crippen LogP contribution in [0.2, 0.25) is 0 Å². The molecule has 0 radical (unpaired) electrons. The van der Waals surface area contributed by atoms with Gasteiger partial charge in [-0.1, -0.05) is 6.07 Å².